The Hall–Kier alpha value is -4.96. The van der Waals surface area contributed by atoms with Gasteiger partial charge in [0.15, 0.2) is 18.3 Å². The molecule has 0 amide bonds. The predicted molar refractivity (Wildman–Crippen MR) is 152 cm³/mol. The molecule has 0 saturated carbocycles. The van der Waals surface area contributed by atoms with Crippen molar-refractivity contribution in [2.45, 2.75) is 64.6 Å². The fraction of sp³-hybridized carbons (Fsp3) is 0.419. The quantitative estimate of drug-likeness (QED) is 0.149. The minimum Gasteiger partial charge on any atom is -0.488 e. The maximum atomic E-state index is 12.2. The predicted octanol–water partition coefficient (Wildman–Crippen LogP) is 2.96. The van der Waals surface area contributed by atoms with Crippen LogP contribution < -0.4 is 4.74 Å². The van der Waals surface area contributed by atoms with Gasteiger partial charge < -0.3 is 33.3 Å². The average molecular weight is 611 g/mol. The second kappa shape index (κ2) is 16.0. The van der Waals surface area contributed by atoms with Gasteiger partial charge in [0, 0.05) is 27.7 Å². The number of carbonyl (C=O) groups is 4. The topological polar surface area (TPSA) is 169 Å². The third-order valence-electron chi connectivity index (χ3n) is 6.39. The number of nitriles is 1. The summed E-state index contributed by atoms with van der Waals surface area (Å²) in [6.45, 7) is 4.57. The zero-order valence-electron chi connectivity index (χ0n) is 25.0. The van der Waals surface area contributed by atoms with E-state index >= 15 is 0 Å². The van der Waals surface area contributed by atoms with Crippen LogP contribution in [-0.2, 0) is 54.1 Å². The van der Waals surface area contributed by atoms with E-state index < -0.39 is 54.4 Å². The van der Waals surface area contributed by atoms with E-state index in [-0.39, 0.29) is 13.2 Å². The van der Waals surface area contributed by atoms with E-state index in [2.05, 4.69) is 16.1 Å². The molecule has 0 aromatic heterocycles. The van der Waals surface area contributed by atoms with E-state index in [9.17, 15) is 24.4 Å². The first-order valence-corrected chi connectivity index (χ1v) is 13.6. The van der Waals surface area contributed by atoms with Gasteiger partial charge in [-0.25, -0.2) is 0 Å². The van der Waals surface area contributed by atoms with E-state index in [1.54, 1.807) is 30.3 Å². The summed E-state index contributed by atoms with van der Waals surface area (Å²) in [4.78, 5) is 52.6. The molecule has 44 heavy (non-hydrogen) atoms. The smallest absolute Gasteiger partial charge is 0.303 e. The second-order valence-corrected chi connectivity index (χ2v) is 9.75. The SMILES string of the molecule is CO/N=C/COc1ccc(Cc2cc([C@@H]3OC(COC(C)=O)[C@@H](OC(C)=O)[C@H](OC(C)=O)[C@H]3OC(C)=O)ccc2C#N)cc1. The normalized spacial score (nSPS) is 21.0. The first-order valence-electron chi connectivity index (χ1n) is 13.6. The Morgan fingerprint density at radius 2 is 1.52 bits per heavy atom. The Labute approximate surface area is 254 Å². The van der Waals surface area contributed by atoms with Crippen LogP contribution in [0.5, 0.6) is 5.75 Å². The summed E-state index contributed by atoms with van der Waals surface area (Å²) in [6, 6.07) is 14.4. The highest BCUT2D eigenvalue weighted by atomic mass is 16.7. The summed E-state index contributed by atoms with van der Waals surface area (Å²) in [5, 5.41) is 13.4. The van der Waals surface area contributed by atoms with Gasteiger partial charge in [-0.1, -0.05) is 29.4 Å². The fourth-order valence-electron chi connectivity index (χ4n) is 4.70. The molecule has 1 saturated heterocycles. The van der Waals surface area contributed by atoms with Gasteiger partial charge in [-0.2, -0.15) is 5.26 Å². The van der Waals surface area contributed by atoms with Crippen LogP contribution in [-0.4, -0.2) is 74.8 Å². The van der Waals surface area contributed by atoms with Crippen molar-refractivity contribution in [2.75, 3.05) is 20.3 Å². The van der Waals surface area contributed by atoms with Crippen molar-refractivity contribution in [1.82, 2.24) is 0 Å². The number of rotatable bonds is 12. The minimum absolute atomic E-state index is 0.226. The summed E-state index contributed by atoms with van der Waals surface area (Å²) in [5.41, 5.74) is 2.39. The highest BCUT2D eigenvalue weighted by molar-refractivity contribution is 5.69. The minimum atomic E-state index is -1.31. The van der Waals surface area contributed by atoms with Crippen molar-refractivity contribution < 1.29 is 52.4 Å². The number of benzene rings is 2. The molecule has 0 radical (unpaired) electrons. The molecule has 2 aromatic rings. The Morgan fingerprint density at radius 1 is 0.886 bits per heavy atom. The lowest BCUT2D eigenvalue weighted by atomic mass is 9.88. The van der Waals surface area contributed by atoms with Gasteiger partial charge in [-0.05, 0) is 41.3 Å². The van der Waals surface area contributed by atoms with E-state index in [1.807, 2.05) is 12.1 Å². The standard InChI is InChI=1S/C31H34N2O11/c1-18(34)40-17-27-29(41-19(2)35)31(43-21(4)37)30(42-20(3)36)28(44-27)23-8-9-24(16-32)25(15-23)14-22-6-10-26(11-7-22)39-13-12-33-38-5/h6-12,15,27-31H,13-14,17H2,1-5H3/b33-12+/t27?,28-,29+,30-,31-/m0/s1. The van der Waals surface area contributed by atoms with Gasteiger partial charge in [-0.3, -0.25) is 19.2 Å². The molecule has 1 fully saturated rings. The van der Waals surface area contributed by atoms with Crippen LogP contribution in [0.15, 0.2) is 47.6 Å². The molecular weight excluding hydrogens is 576 g/mol. The second-order valence-electron chi connectivity index (χ2n) is 9.75. The molecule has 13 heteroatoms. The lowest BCUT2D eigenvalue weighted by molar-refractivity contribution is -0.254. The van der Waals surface area contributed by atoms with E-state index in [0.717, 1.165) is 19.4 Å². The maximum Gasteiger partial charge on any atom is 0.303 e. The third kappa shape index (κ3) is 9.53. The molecule has 234 valence electrons. The van der Waals surface area contributed by atoms with E-state index in [0.29, 0.717) is 28.9 Å². The molecule has 1 aliphatic heterocycles. The van der Waals surface area contributed by atoms with Gasteiger partial charge in [0.05, 0.1) is 17.8 Å². The van der Waals surface area contributed by atoms with Gasteiger partial charge in [0.2, 0.25) is 0 Å². The molecule has 13 nitrogen and oxygen atoms in total. The van der Waals surface area contributed by atoms with Crippen LogP contribution in [0.25, 0.3) is 0 Å². The van der Waals surface area contributed by atoms with Gasteiger partial charge in [0.25, 0.3) is 0 Å². The molecular formula is C31H34N2O11. The third-order valence-corrected chi connectivity index (χ3v) is 6.39. The molecule has 1 heterocycles. The van der Waals surface area contributed by atoms with Crippen LogP contribution in [0.1, 0.15) is 56.1 Å². The summed E-state index contributed by atoms with van der Waals surface area (Å²) in [5.74, 6) is -2.15. The maximum absolute atomic E-state index is 12.2. The molecule has 2 aromatic carbocycles. The molecule has 0 N–H and O–H groups in total. The van der Waals surface area contributed by atoms with Crippen molar-refractivity contribution >= 4 is 30.1 Å². The lowest BCUT2D eigenvalue weighted by Crippen LogP contribution is -2.59. The molecule has 0 aliphatic carbocycles. The summed E-state index contributed by atoms with van der Waals surface area (Å²) in [6.07, 6.45) is -4.15. The summed E-state index contributed by atoms with van der Waals surface area (Å²) in [7, 11) is 1.44. The van der Waals surface area contributed by atoms with Gasteiger partial charge >= 0.3 is 23.9 Å². The van der Waals surface area contributed by atoms with Crippen LogP contribution in [0.3, 0.4) is 0 Å². The Kier molecular flexibility index (Phi) is 12.2. The van der Waals surface area contributed by atoms with Crippen LogP contribution in [0.4, 0.5) is 0 Å². The molecule has 0 bridgehead atoms. The lowest BCUT2D eigenvalue weighted by Gasteiger charge is -2.44. The van der Waals surface area contributed by atoms with Gasteiger partial charge in [0.1, 0.15) is 38.3 Å². The largest absolute Gasteiger partial charge is 0.488 e. The Morgan fingerprint density at radius 3 is 2.11 bits per heavy atom. The Bertz CT molecular complexity index is 1400. The number of oxime groups is 1. The fourth-order valence-corrected chi connectivity index (χ4v) is 4.70. The molecule has 3 rings (SSSR count). The van der Waals surface area contributed by atoms with Crippen LogP contribution >= 0.6 is 0 Å². The number of carbonyl (C=O) groups excluding carboxylic acids is 4. The van der Waals surface area contributed by atoms with Crippen molar-refractivity contribution in [3.05, 3.63) is 64.7 Å². The first kappa shape index (κ1) is 33.5. The first-order chi connectivity index (χ1) is 21.0. The van der Waals surface area contributed by atoms with Crippen LogP contribution in [0.2, 0.25) is 0 Å². The molecule has 1 aliphatic rings. The van der Waals surface area contributed by atoms with Crippen molar-refractivity contribution in [2.24, 2.45) is 5.16 Å². The number of ether oxygens (including phenoxy) is 6. The highest BCUT2D eigenvalue weighted by Crippen LogP contribution is 2.38. The Balaban J connectivity index is 2.00. The zero-order chi connectivity index (χ0) is 32.2. The zero-order valence-corrected chi connectivity index (χ0v) is 25.0. The number of esters is 4. The summed E-state index contributed by atoms with van der Waals surface area (Å²) < 4.78 is 33.6. The monoisotopic (exact) mass is 610 g/mol. The van der Waals surface area contributed by atoms with Crippen molar-refractivity contribution in [3.8, 4) is 11.8 Å². The highest BCUT2D eigenvalue weighted by Gasteiger charge is 2.52. The molecule has 0 spiro atoms. The molecule has 1 unspecified atom stereocenters. The van der Waals surface area contributed by atoms with E-state index in [4.69, 9.17) is 28.4 Å². The van der Waals surface area contributed by atoms with E-state index in [1.165, 1.54) is 27.2 Å². The summed E-state index contributed by atoms with van der Waals surface area (Å²) >= 11 is 0. The van der Waals surface area contributed by atoms with Crippen molar-refractivity contribution in [1.29, 1.82) is 5.26 Å². The number of hydrogen-bond donors (Lipinski definition) is 0. The average Bonchev–Trinajstić information content (AvgIpc) is 2.96. The molecule has 5 atom stereocenters. The number of hydrogen-bond acceptors (Lipinski definition) is 13. The number of nitrogens with zero attached hydrogens (tertiary/aromatic N) is 2. The van der Waals surface area contributed by atoms with Gasteiger partial charge in [-0.15, -0.1) is 0 Å². The van der Waals surface area contributed by atoms with Crippen molar-refractivity contribution in [3.63, 3.8) is 0 Å². The van der Waals surface area contributed by atoms with Crippen LogP contribution in [0, 0.1) is 11.3 Å².